The molecule has 1 aromatic rings. The maximum atomic E-state index is 5.77. The number of anilines is 1. The van der Waals surface area contributed by atoms with E-state index in [4.69, 9.17) is 16.3 Å². The first-order chi connectivity index (χ1) is 8.11. The van der Waals surface area contributed by atoms with E-state index in [9.17, 15) is 0 Å². The van der Waals surface area contributed by atoms with Crippen molar-refractivity contribution in [3.63, 3.8) is 0 Å². The van der Waals surface area contributed by atoms with Crippen LogP contribution in [-0.2, 0) is 0 Å². The Morgan fingerprint density at radius 3 is 2.76 bits per heavy atom. The molecule has 0 saturated heterocycles. The van der Waals surface area contributed by atoms with Crippen molar-refractivity contribution in [1.82, 2.24) is 15.0 Å². The molecule has 17 heavy (non-hydrogen) atoms. The topological polar surface area (TPSA) is 59.9 Å². The van der Waals surface area contributed by atoms with Crippen molar-refractivity contribution in [1.29, 1.82) is 0 Å². The van der Waals surface area contributed by atoms with Crippen LogP contribution in [0.25, 0.3) is 0 Å². The van der Waals surface area contributed by atoms with Gasteiger partial charge in [0.25, 0.3) is 0 Å². The van der Waals surface area contributed by atoms with Gasteiger partial charge in [-0.25, -0.2) is 0 Å². The Morgan fingerprint density at radius 2 is 2.12 bits per heavy atom. The minimum Gasteiger partial charge on any atom is -0.463 e. The quantitative estimate of drug-likeness (QED) is 0.793. The molecule has 0 amide bonds. The Hall–Kier alpha value is -1.36. The number of rotatable bonds is 6. The SMILES string of the molecule is CCCOc1nc(Cl)nc(NCC=C(C)C)n1. The number of aromatic nitrogens is 3. The summed E-state index contributed by atoms with van der Waals surface area (Å²) >= 11 is 5.77. The highest BCUT2D eigenvalue weighted by molar-refractivity contribution is 6.28. The van der Waals surface area contributed by atoms with Crippen LogP contribution in [0.4, 0.5) is 5.95 Å². The van der Waals surface area contributed by atoms with Crippen LogP contribution in [0.5, 0.6) is 6.01 Å². The first-order valence-corrected chi connectivity index (χ1v) is 5.91. The molecule has 0 fully saturated rings. The Balaban J connectivity index is 2.65. The number of nitrogens with zero attached hydrogens (tertiary/aromatic N) is 3. The third-order valence-corrected chi connectivity index (χ3v) is 1.96. The van der Waals surface area contributed by atoms with E-state index in [1.54, 1.807) is 0 Å². The van der Waals surface area contributed by atoms with Crippen molar-refractivity contribution in [3.05, 3.63) is 16.9 Å². The van der Waals surface area contributed by atoms with E-state index in [0.717, 1.165) is 6.42 Å². The summed E-state index contributed by atoms with van der Waals surface area (Å²) in [7, 11) is 0. The lowest BCUT2D eigenvalue weighted by Crippen LogP contribution is -2.07. The van der Waals surface area contributed by atoms with Gasteiger partial charge in [-0.05, 0) is 31.9 Å². The number of hydrogen-bond acceptors (Lipinski definition) is 5. The van der Waals surface area contributed by atoms with Crippen molar-refractivity contribution in [2.24, 2.45) is 0 Å². The molecule has 6 heteroatoms. The number of allylic oxidation sites excluding steroid dienone is 1. The van der Waals surface area contributed by atoms with Crippen LogP contribution in [0.15, 0.2) is 11.6 Å². The smallest absolute Gasteiger partial charge is 0.322 e. The molecule has 1 aromatic heterocycles. The van der Waals surface area contributed by atoms with Crippen LogP contribution in [0.2, 0.25) is 5.28 Å². The van der Waals surface area contributed by atoms with Crippen molar-refractivity contribution < 1.29 is 4.74 Å². The summed E-state index contributed by atoms with van der Waals surface area (Å²) in [6.45, 7) is 7.27. The molecule has 0 bridgehead atoms. The molecular formula is C11H17ClN4O. The largest absolute Gasteiger partial charge is 0.463 e. The van der Waals surface area contributed by atoms with Crippen molar-refractivity contribution in [2.75, 3.05) is 18.5 Å². The molecule has 94 valence electrons. The summed E-state index contributed by atoms with van der Waals surface area (Å²) in [6, 6.07) is 0.256. The van der Waals surface area contributed by atoms with E-state index in [1.165, 1.54) is 5.57 Å². The zero-order valence-corrected chi connectivity index (χ0v) is 11.1. The molecule has 1 heterocycles. The summed E-state index contributed by atoms with van der Waals surface area (Å²) < 4.78 is 5.30. The number of ether oxygens (including phenoxy) is 1. The molecule has 0 unspecified atom stereocenters. The van der Waals surface area contributed by atoms with E-state index in [0.29, 0.717) is 19.1 Å². The minimum atomic E-state index is 0.130. The molecule has 0 aliphatic heterocycles. The van der Waals surface area contributed by atoms with E-state index < -0.39 is 0 Å². The predicted octanol–water partition coefficient (Wildman–Crippen LogP) is 2.69. The van der Waals surface area contributed by atoms with Gasteiger partial charge >= 0.3 is 6.01 Å². The van der Waals surface area contributed by atoms with Gasteiger partial charge in [-0.15, -0.1) is 0 Å². The molecule has 0 saturated carbocycles. The van der Waals surface area contributed by atoms with Crippen molar-refractivity contribution in [2.45, 2.75) is 27.2 Å². The number of hydrogen-bond donors (Lipinski definition) is 1. The van der Waals surface area contributed by atoms with Crippen LogP contribution < -0.4 is 10.1 Å². The van der Waals surface area contributed by atoms with Crippen molar-refractivity contribution in [3.8, 4) is 6.01 Å². The summed E-state index contributed by atoms with van der Waals surface area (Å²) in [4.78, 5) is 11.9. The van der Waals surface area contributed by atoms with Crippen LogP contribution in [0, 0.1) is 0 Å². The van der Waals surface area contributed by atoms with Crippen molar-refractivity contribution >= 4 is 17.5 Å². The third-order valence-electron chi connectivity index (χ3n) is 1.79. The maximum Gasteiger partial charge on any atom is 0.322 e. The fourth-order valence-corrected chi connectivity index (χ4v) is 1.17. The zero-order valence-electron chi connectivity index (χ0n) is 10.3. The van der Waals surface area contributed by atoms with E-state index in [1.807, 2.05) is 26.8 Å². The lowest BCUT2D eigenvalue weighted by molar-refractivity contribution is 0.291. The molecule has 1 rings (SSSR count). The van der Waals surface area contributed by atoms with Crippen LogP contribution in [0.3, 0.4) is 0 Å². The van der Waals surface area contributed by atoms with Gasteiger partial charge in [0.2, 0.25) is 11.2 Å². The Morgan fingerprint density at radius 1 is 1.35 bits per heavy atom. The first kappa shape index (κ1) is 13.7. The van der Waals surface area contributed by atoms with E-state index in [-0.39, 0.29) is 11.3 Å². The molecule has 0 radical (unpaired) electrons. The minimum absolute atomic E-state index is 0.130. The molecule has 0 aliphatic rings. The molecule has 0 aliphatic carbocycles. The molecule has 0 atom stereocenters. The second-order valence-corrected chi connectivity index (χ2v) is 4.06. The van der Waals surface area contributed by atoms with Gasteiger partial charge in [0.05, 0.1) is 6.61 Å². The average Bonchev–Trinajstić information content (AvgIpc) is 2.25. The van der Waals surface area contributed by atoms with Gasteiger partial charge in [0.15, 0.2) is 0 Å². The highest BCUT2D eigenvalue weighted by Crippen LogP contribution is 2.11. The summed E-state index contributed by atoms with van der Waals surface area (Å²) in [5.41, 5.74) is 1.22. The van der Waals surface area contributed by atoms with Crippen LogP contribution in [-0.4, -0.2) is 28.1 Å². The molecular weight excluding hydrogens is 240 g/mol. The second kappa shape index (κ2) is 7.06. The van der Waals surface area contributed by atoms with Gasteiger partial charge in [0.1, 0.15) is 0 Å². The fourth-order valence-electron chi connectivity index (χ4n) is 1.02. The van der Waals surface area contributed by atoms with Gasteiger partial charge in [-0.2, -0.15) is 15.0 Å². The monoisotopic (exact) mass is 256 g/mol. The predicted molar refractivity (Wildman–Crippen MR) is 68.5 cm³/mol. The van der Waals surface area contributed by atoms with Gasteiger partial charge in [-0.1, -0.05) is 18.6 Å². The van der Waals surface area contributed by atoms with Gasteiger partial charge in [-0.3, -0.25) is 0 Å². The standard InChI is InChI=1S/C11H17ClN4O/c1-4-7-17-11-15-9(12)14-10(16-11)13-6-5-8(2)3/h5H,4,6-7H2,1-3H3,(H,13,14,15,16). The highest BCUT2D eigenvalue weighted by Gasteiger charge is 2.04. The van der Waals surface area contributed by atoms with Gasteiger partial charge in [0, 0.05) is 6.54 Å². The van der Waals surface area contributed by atoms with E-state index >= 15 is 0 Å². The Bertz CT molecular complexity index is 391. The average molecular weight is 257 g/mol. The summed E-state index contributed by atoms with van der Waals surface area (Å²) in [6.07, 6.45) is 2.92. The van der Waals surface area contributed by atoms with E-state index in [2.05, 4.69) is 20.3 Å². The molecule has 0 spiro atoms. The fraction of sp³-hybridized carbons (Fsp3) is 0.545. The molecule has 1 N–H and O–H groups in total. The normalized spacial score (nSPS) is 9.88. The third kappa shape index (κ3) is 5.49. The van der Waals surface area contributed by atoms with Crippen LogP contribution >= 0.6 is 11.6 Å². The lowest BCUT2D eigenvalue weighted by atomic mass is 10.3. The molecule has 5 nitrogen and oxygen atoms in total. The number of halogens is 1. The van der Waals surface area contributed by atoms with Gasteiger partial charge < -0.3 is 10.1 Å². The second-order valence-electron chi connectivity index (χ2n) is 3.72. The maximum absolute atomic E-state index is 5.77. The number of nitrogens with one attached hydrogen (secondary N) is 1. The first-order valence-electron chi connectivity index (χ1n) is 5.53. The van der Waals surface area contributed by atoms with Crippen LogP contribution in [0.1, 0.15) is 27.2 Å². The summed E-state index contributed by atoms with van der Waals surface area (Å²) in [5.74, 6) is 0.425. The Labute approximate surface area is 106 Å². The summed E-state index contributed by atoms with van der Waals surface area (Å²) in [5, 5.41) is 3.16. The lowest BCUT2D eigenvalue weighted by Gasteiger charge is -2.05. The Kier molecular flexibility index (Phi) is 5.69. The molecule has 0 aromatic carbocycles. The zero-order chi connectivity index (χ0) is 12.7. The highest BCUT2D eigenvalue weighted by atomic mass is 35.5.